The predicted molar refractivity (Wildman–Crippen MR) is 88.1 cm³/mol. The van der Waals surface area contributed by atoms with Gasteiger partial charge in [-0.25, -0.2) is 0 Å². The molecule has 1 aliphatic heterocycles. The number of hydrogen-bond donors (Lipinski definition) is 0. The lowest BCUT2D eigenvalue weighted by molar-refractivity contribution is -0.117. The van der Waals surface area contributed by atoms with E-state index < -0.39 is 8.32 Å². The van der Waals surface area contributed by atoms with Gasteiger partial charge in [-0.05, 0) is 37.7 Å². The summed E-state index contributed by atoms with van der Waals surface area (Å²) in [5, 5.41) is 0. The minimum atomic E-state index is -1.63. The van der Waals surface area contributed by atoms with E-state index >= 15 is 0 Å². The Hall–Kier alpha value is -1.39. The number of rotatable bonds is 2. The fourth-order valence-corrected chi connectivity index (χ4v) is 4.62. The second kappa shape index (κ2) is 5.11. The van der Waals surface area contributed by atoms with Gasteiger partial charge in [0.2, 0.25) is 5.91 Å². The van der Waals surface area contributed by atoms with E-state index in [0.29, 0.717) is 0 Å². The molecule has 1 aromatic carbocycles. The summed E-state index contributed by atoms with van der Waals surface area (Å²) in [6, 6.07) is 8.47. The topological polar surface area (TPSA) is 29.5 Å². The number of carbonyl (C=O) groups excluding carboxylic acids is 1. The summed E-state index contributed by atoms with van der Waals surface area (Å²) in [6.45, 7) is 8.31. The molecule has 1 aromatic rings. The Balaban J connectivity index is 2.03. The van der Waals surface area contributed by atoms with Crippen molar-refractivity contribution in [1.29, 1.82) is 0 Å². The molecule has 0 aromatic heterocycles. The van der Waals surface area contributed by atoms with E-state index in [2.05, 4.69) is 50.0 Å². The highest BCUT2D eigenvalue weighted by Crippen LogP contribution is 2.47. The summed E-state index contributed by atoms with van der Waals surface area (Å²) >= 11 is 0. The number of amides is 1. The molecule has 1 amide bonds. The molecular weight excluding hydrogens is 278 g/mol. The first-order valence-electron chi connectivity index (χ1n) is 7.62. The highest BCUT2D eigenvalue weighted by atomic mass is 28.4. The van der Waals surface area contributed by atoms with Crippen molar-refractivity contribution in [2.75, 3.05) is 4.90 Å². The molecule has 0 N–H and O–H groups in total. The van der Waals surface area contributed by atoms with Crippen molar-refractivity contribution in [2.45, 2.75) is 51.0 Å². The Morgan fingerprint density at radius 2 is 2.00 bits per heavy atom. The Bertz CT molecular complexity index is 591. The second-order valence-corrected chi connectivity index (χ2v) is 11.4. The van der Waals surface area contributed by atoms with E-state index in [0.717, 1.165) is 12.1 Å². The van der Waals surface area contributed by atoms with E-state index in [1.54, 1.807) is 6.92 Å². The lowest BCUT2D eigenvalue weighted by atomic mass is 9.84. The largest absolute Gasteiger partial charge is 0.411 e. The van der Waals surface area contributed by atoms with Crippen molar-refractivity contribution in [3.05, 3.63) is 42.0 Å². The van der Waals surface area contributed by atoms with Crippen LogP contribution in [-0.2, 0) is 9.22 Å². The molecule has 112 valence electrons. The summed E-state index contributed by atoms with van der Waals surface area (Å²) in [5.74, 6) is 0.388. The van der Waals surface area contributed by atoms with Crippen molar-refractivity contribution in [1.82, 2.24) is 0 Å². The smallest absolute Gasteiger partial charge is 0.224 e. The average Bonchev–Trinajstić information content (AvgIpc) is 2.72. The Morgan fingerprint density at radius 1 is 1.29 bits per heavy atom. The zero-order valence-corrected chi connectivity index (χ0v) is 14.2. The van der Waals surface area contributed by atoms with Gasteiger partial charge in [0, 0.05) is 18.5 Å². The van der Waals surface area contributed by atoms with Crippen LogP contribution in [0, 0.1) is 0 Å². The van der Waals surface area contributed by atoms with Gasteiger partial charge in [0.15, 0.2) is 8.32 Å². The maximum atomic E-state index is 12.1. The summed E-state index contributed by atoms with van der Waals surface area (Å²) < 4.78 is 6.39. The molecule has 1 aliphatic carbocycles. The van der Waals surface area contributed by atoms with Crippen LogP contribution in [-0.4, -0.2) is 26.4 Å². The fourth-order valence-electron chi connectivity index (χ4n) is 3.58. The van der Waals surface area contributed by atoms with Crippen LogP contribution in [0.25, 0.3) is 0 Å². The third kappa shape index (κ3) is 2.58. The number of para-hydroxylation sites is 1. The molecule has 0 saturated heterocycles. The molecule has 21 heavy (non-hydrogen) atoms. The van der Waals surface area contributed by atoms with Gasteiger partial charge >= 0.3 is 0 Å². The van der Waals surface area contributed by atoms with E-state index in [4.69, 9.17) is 4.43 Å². The molecule has 3 unspecified atom stereocenters. The second-order valence-electron chi connectivity index (χ2n) is 6.90. The minimum Gasteiger partial charge on any atom is -0.411 e. The molecule has 3 nitrogen and oxygen atoms in total. The van der Waals surface area contributed by atoms with Crippen LogP contribution in [0.1, 0.15) is 24.8 Å². The maximum absolute atomic E-state index is 12.1. The van der Waals surface area contributed by atoms with Crippen LogP contribution in [0.5, 0.6) is 0 Å². The maximum Gasteiger partial charge on any atom is 0.224 e. The molecule has 0 fully saturated rings. The number of nitrogens with zero attached hydrogens (tertiary/aromatic N) is 1. The Morgan fingerprint density at radius 3 is 2.67 bits per heavy atom. The van der Waals surface area contributed by atoms with Gasteiger partial charge in [-0.1, -0.05) is 30.4 Å². The van der Waals surface area contributed by atoms with Gasteiger partial charge in [0.25, 0.3) is 0 Å². The van der Waals surface area contributed by atoms with Crippen molar-refractivity contribution in [3.63, 3.8) is 0 Å². The molecule has 3 rings (SSSR count). The highest BCUT2D eigenvalue weighted by Gasteiger charge is 2.45. The fraction of sp³-hybridized carbons (Fsp3) is 0.471. The normalized spacial score (nSPS) is 27.4. The molecule has 0 bridgehead atoms. The standard InChI is InChI=1S/C17H23NO2Si/c1-12(19)18-14-9-6-5-8-13(14)17-15(18)10-7-11-16(17)20-21(2,3)4/h5-9,11,15-17H,10H2,1-4H3. The summed E-state index contributed by atoms with van der Waals surface area (Å²) in [7, 11) is -1.63. The van der Waals surface area contributed by atoms with E-state index in [1.165, 1.54) is 5.56 Å². The monoisotopic (exact) mass is 301 g/mol. The molecule has 1 heterocycles. The van der Waals surface area contributed by atoms with Crippen molar-refractivity contribution >= 4 is 19.9 Å². The van der Waals surface area contributed by atoms with Crippen molar-refractivity contribution < 1.29 is 9.22 Å². The predicted octanol–water partition coefficient (Wildman–Crippen LogP) is 3.69. The first-order valence-corrected chi connectivity index (χ1v) is 11.0. The third-order valence-electron chi connectivity index (χ3n) is 4.19. The van der Waals surface area contributed by atoms with Gasteiger partial charge in [-0.2, -0.15) is 0 Å². The van der Waals surface area contributed by atoms with Crippen molar-refractivity contribution in [3.8, 4) is 0 Å². The van der Waals surface area contributed by atoms with Crippen LogP contribution < -0.4 is 4.90 Å². The van der Waals surface area contributed by atoms with E-state index in [1.807, 2.05) is 11.0 Å². The Labute approximate surface area is 127 Å². The number of fused-ring (bicyclic) bond motifs is 3. The summed E-state index contributed by atoms with van der Waals surface area (Å²) in [5.41, 5.74) is 2.32. The third-order valence-corrected chi connectivity index (χ3v) is 5.17. The first-order chi connectivity index (χ1) is 9.88. The van der Waals surface area contributed by atoms with Gasteiger partial charge in [-0.3, -0.25) is 4.79 Å². The van der Waals surface area contributed by atoms with Gasteiger partial charge in [-0.15, -0.1) is 0 Å². The van der Waals surface area contributed by atoms with Crippen LogP contribution in [0.3, 0.4) is 0 Å². The van der Waals surface area contributed by atoms with Crippen LogP contribution in [0.2, 0.25) is 19.6 Å². The summed E-state index contributed by atoms with van der Waals surface area (Å²) in [4.78, 5) is 14.1. The zero-order chi connectivity index (χ0) is 15.2. The van der Waals surface area contributed by atoms with Gasteiger partial charge in [0.05, 0.1) is 12.1 Å². The SMILES string of the molecule is CC(=O)N1c2ccccc2C2C(O[Si](C)(C)C)C=CCC21. The quantitative estimate of drug-likeness (QED) is 0.616. The van der Waals surface area contributed by atoms with Gasteiger partial charge < -0.3 is 9.33 Å². The van der Waals surface area contributed by atoms with E-state index in [9.17, 15) is 4.79 Å². The van der Waals surface area contributed by atoms with Crippen molar-refractivity contribution in [2.24, 2.45) is 0 Å². The molecule has 2 aliphatic rings. The number of benzene rings is 1. The molecule has 0 spiro atoms. The lowest BCUT2D eigenvalue weighted by Crippen LogP contribution is -2.45. The molecule has 0 radical (unpaired) electrons. The first kappa shape index (κ1) is 14.5. The summed E-state index contributed by atoms with van der Waals surface area (Å²) in [6.07, 6.45) is 5.36. The lowest BCUT2D eigenvalue weighted by Gasteiger charge is -2.36. The zero-order valence-electron chi connectivity index (χ0n) is 13.2. The average molecular weight is 301 g/mol. The Kier molecular flexibility index (Phi) is 3.54. The van der Waals surface area contributed by atoms with Crippen LogP contribution in [0.15, 0.2) is 36.4 Å². The molecule has 0 saturated carbocycles. The molecular formula is C17H23NO2Si. The molecule has 3 atom stereocenters. The number of carbonyl (C=O) groups is 1. The van der Waals surface area contributed by atoms with Crippen LogP contribution in [0.4, 0.5) is 5.69 Å². The van der Waals surface area contributed by atoms with Crippen LogP contribution >= 0.6 is 0 Å². The van der Waals surface area contributed by atoms with E-state index in [-0.39, 0.29) is 24.0 Å². The minimum absolute atomic E-state index is 0.0842. The van der Waals surface area contributed by atoms with Gasteiger partial charge in [0.1, 0.15) is 0 Å². The number of hydrogen-bond acceptors (Lipinski definition) is 2. The highest BCUT2D eigenvalue weighted by molar-refractivity contribution is 6.69. The number of anilines is 1. The molecule has 4 heteroatoms.